The smallest absolute Gasteiger partial charge is 0.179 e. The minimum absolute atomic E-state index is 0.0806. The first-order chi connectivity index (χ1) is 9.63. The predicted molar refractivity (Wildman–Crippen MR) is 82.4 cm³/mol. The molecule has 1 aliphatic carbocycles. The van der Waals surface area contributed by atoms with Crippen molar-refractivity contribution in [3.8, 4) is 0 Å². The fourth-order valence-electron chi connectivity index (χ4n) is 3.47. The van der Waals surface area contributed by atoms with Crippen LogP contribution >= 0.6 is 0 Å². The van der Waals surface area contributed by atoms with Gasteiger partial charge in [-0.15, -0.1) is 0 Å². The molecule has 0 amide bonds. The van der Waals surface area contributed by atoms with Gasteiger partial charge in [0.25, 0.3) is 0 Å². The van der Waals surface area contributed by atoms with E-state index >= 15 is 0 Å². The lowest BCUT2D eigenvalue weighted by Gasteiger charge is -2.18. The molecule has 1 fully saturated rings. The van der Waals surface area contributed by atoms with Gasteiger partial charge in [0.15, 0.2) is 5.78 Å². The highest BCUT2D eigenvalue weighted by Crippen LogP contribution is 2.27. The lowest BCUT2D eigenvalue weighted by molar-refractivity contribution is 0.0944. The maximum absolute atomic E-state index is 12.5. The van der Waals surface area contributed by atoms with E-state index in [1.54, 1.807) is 0 Å². The van der Waals surface area contributed by atoms with Crippen molar-refractivity contribution in [3.05, 3.63) is 29.3 Å². The molecule has 3 heteroatoms. The molecule has 3 rings (SSSR count). The summed E-state index contributed by atoms with van der Waals surface area (Å²) in [6.45, 7) is 4.17. The highest BCUT2D eigenvalue weighted by Gasteiger charge is 2.23. The van der Waals surface area contributed by atoms with Gasteiger partial charge in [-0.05, 0) is 56.9 Å². The van der Waals surface area contributed by atoms with Gasteiger partial charge in [-0.25, -0.2) is 0 Å². The molecule has 0 bridgehead atoms. The predicted octanol–water partition coefficient (Wildman–Crippen LogP) is 3.15. The number of rotatable bonds is 4. The quantitative estimate of drug-likeness (QED) is 0.827. The summed E-state index contributed by atoms with van der Waals surface area (Å²) in [4.78, 5) is 12.5. The molecular weight excluding hydrogens is 248 g/mol. The van der Waals surface area contributed by atoms with E-state index in [0.717, 1.165) is 12.0 Å². The summed E-state index contributed by atoms with van der Waals surface area (Å²) in [6.07, 6.45) is 6.02. The van der Waals surface area contributed by atoms with Crippen LogP contribution in [0, 0.1) is 0 Å². The average Bonchev–Trinajstić information content (AvgIpc) is 3.04. The summed E-state index contributed by atoms with van der Waals surface area (Å²) >= 11 is 0. The Labute approximate surface area is 121 Å². The second-order valence-corrected chi connectivity index (χ2v) is 6.36. The zero-order valence-corrected chi connectivity index (χ0v) is 12.4. The fourth-order valence-corrected chi connectivity index (χ4v) is 3.47. The molecule has 1 aromatic rings. The first kappa shape index (κ1) is 13.6. The second-order valence-electron chi connectivity index (χ2n) is 6.36. The molecular formula is C17H24N2O. The molecule has 0 saturated heterocycles. The van der Waals surface area contributed by atoms with Crippen LogP contribution in [-0.4, -0.2) is 23.9 Å². The van der Waals surface area contributed by atoms with Crippen LogP contribution in [0.1, 0.15) is 55.5 Å². The topological polar surface area (TPSA) is 41.1 Å². The molecule has 108 valence electrons. The van der Waals surface area contributed by atoms with Gasteiger partial charge >= 0.3 is 0 Å². The molecule has 3 nitrogen and oxygen atoms in total. The van der Waals surface area contributed by atoms with Crippen LogP contribution in [0.2, 0.25) is 0 Å². The number of hydrogen-bond acceptors (Lipinski definition) is 3. The van der Waals surface area contributed by atoms with Crippen LogP contribution in [0.3, 0.4) is 0 Å². The van der Waals surface area contributed by atoms with Crippen molar-refractivity contribution in [1.29, 1.82) is 0 Å². The van der Waals surface area contributed by atoms with Crippen molar-refractivity contribution < 1.29 is 4.79 Å². The molecule has 2 N–H and O–H groups in total. The number of nitrogens with one attached hydrogen (secondary N) is 2. The molecule has 2 unspecified atom stereocenters. The maximum Gasteiger partial charge on any atom is 0.179 e. The molecule has 2 aliphatic rings. The average molecular weight is 272 g/mol. The van der Waals surface area contributed by atoms with E-state index in [0.29, 0.717) is 12.1 Å². The summed E-state index contributed by atoms with van der Waals surface area (Å²) in [5, 5.41) is 6.91. The van der Waals surface area contributed by atoms with Crippen molar-refractivity contribution in [1.82, 2.24) is 5.32 Å². The minimum atomic E-state index is -0.0806. The number of benzene rings is 1. The molecule has 1 aromatic carbocycles. The Morgan fingerprint density at radius 1 is 1.35 bits per heavy atom. The van der Waals surface area contributed by atoms with E-state index in [1.807, 2.05) is 19.1 Å². The van der Waals surface area contributed by atoms with Crippen molar-refractivity contribution in [2.75, 3.05) is 5.32 Å². The van der Waals surface area contributed by atoms with E-state index < -0.39 is 0 Å². The summed E-state index contributed by atoms with van der Waals surface area (Å²) in [5.41, 5.74) is 3.31. The van der Waals surface area contributed by atoms with E-state index in [4.69, 9.17) is 0 Å². The third-order valence-electron chi connectivity index (χ3n) is 4.55. The highest BCUT2D eigenvalue weighted by atomic mass is 16.1. The normalized spacial score (nSPS) is 23.4. The lowest BCUT2D eigenvalue weighted by atomic mass is 10.0. The summed E-state index contributed by atoms with van der Waals surface area (Å²) in [6, 6.07) is 7.01. The lowest BCUT2D eigenvalue weighted by Crippen LogP contribution is -2.40. The van der Waals surface area contributed by atoms with Crippen LogP contribution in [0.5, 0.6) is 0 Å². The van der Waals surface area contributed by atoms with Crippen LogP contribution in [0.4, 0.5) is 5.69 Å². The van der Waals surface area contributed by atoms with Gasteiger partial charge < -0.3 is 10.6 Å². The Bertz CT molecular complexity index is 506. The Kier molecular flexibility index (Phi) is 3.79. The van der Waals surface area contributed by atoms with E-state index in [2.05, 4.69) is 23.6 Å². The van der Waals surface area contributed by atoms with E-state index in [9.17, 15) is 4.79 Å². The number of anilines is 1. The van der Waals surface area contributed by atoms with Crippen LogP contribution in [0.25, 0.3) is 0 Å². The van der Waals surface area contributed by atoms with Crippen molar-refractivity contribution in [2.24, 2.45) is 0 Å². The number of fused-ring (bicyclic) bond motifs is 1. The Morgan fingerprint density at radius 3 is 2.85 bits per heavy atom. The standard InChI is InChI=1S/C17H24N2O/c1-11-9-14-10-13(7-8-16(14)18-11)17(20)12(2)19-15-5-3-4-6-15/h7-8,10-12,15,18-19H,3-6,9H2,1-2H3. The van der Waals surface area contributed by atoms with E-state index in [-0.39, 0.29) is 11.8 Å². The maximum atomic E-state index is 12.5. The van der Waals surface area contributed by atoms with Gasteiger partial charge in [0.1, 0.15) is 0 Å². The zero-order chi connectivity index (χ0) is 14.1. The van der Waals surface area contributed by atoms with Crippen LogP contribution in [0.15, 0.2) is 18.2 Å². The van der Waals surface area contributed by atoms with Gasteiger partial charge in [-0.2, -0.15) is 0 Å². The Hall–Kier alpha value is -1.35. The van der Waals surface area contributed by atoms with Crippen LogP contribution < -0.4 is 10.6 Å². The summed E-state index contributed by atoms with van der Waals surface area (Å²) in [7, 11) is 0. The molecule has 0 radical (unpaired) electrons. The summed E-state index contributed by atoms with van der Waals surface area (Å²) in [5.74, 6) is 0.222. The number of carbonyl (C=O) groups is 1. The van der Waals surface area contributed by atoms with Crippen LogP contribution in [-0.2, 0) is 6.42 Å². The SMILES string of the molecule is CC1Cc2cc(C(=O)C(C)NC3CCCC3)ccc2N1. The van der Waals surface area contributed by atoms with Gasteiger partial charge in [-0.1, -0.05) is 12.8 Å². The van der Waals surface area contributed by atoms with Gasteiger partial charge in [0.2, 0.25) is 0 Å². The number of carbonyl (C=O) groups excluding carboxylic acids is 1. The molecule has 2 atom stereocenters. The van der Waals surface area contributed by atoms with E-state index in [1.165, 1.54) is 36.9 Å². The minimum Gasteiger partial charge on any atom is -0.382 e. The molecule has 1 aliphatic heterocycles. The molecule has 0 spiro atoms. The number of Topliss-reactive ketones (excluding diaryl/α,β-unsaturated/α-hetero) is 1. The third-order valence-corrected chi connectivity index (χ3v) is 4.55. The largest absolute Gasteiger partial charge is 0.382 e. The summed E-state index contributed by atoms with van der Waals surface area (Å²) < 4.78 is 0. The molecule has 1 heterocycles. The Balaban J connectivity index is 1.69. The fraction of sp³-hybridized carbons (Fsp3) is 0.588. The number of ketones is 1. The van der Waals surface area contributed by atoms with Crippen molar-refractivity contribution in [3.63, 3.8) is 0 Å². The Morgan fingerprint density at radius 2 is 2.10 bits per heavy atom. The number of hydrogen-bond donors (Lipinski definition) is 2. The van der Waals surface area contributed by atoms with Gasteiger partial charge in [0.05, 0.1) is 6.04 Å². The molecule has 20 heavy (non-hydrogen) atoms. The first-order valence-corrected chi connectivity index (χ1v) is 7.83. The second kappa shape index (κ2) is 5.57. The van der Waals surface area contributed by atoms with Gasteiger partial charge in [0, 0.05) is 23.3 Å². The van der Waals surface area contributed by atoms with Crippen molar-refractivity contribution >= 4 is 11.5 Å². The third kappa shape index (κ3) is 2.73. The van der Waals surface area contributed by atoms with Crippen molar-refractivity contribution in [2.45, 2.75) is 64.1 Å². The monoisotopic (exact) mass is 272 g/mol. The highest BCUT2D eigenvalue weighted by molar-refractivity contribution is 6.00. The first-order valence-electron chi connectivity index (χ1n) is 7.83. The molecule has 0 aromatic heterocycles. The van der Waals surface area contributed by atoms with Gasteiger partial charge in [-0.3, -0.25) is 4.79 Å². The zero-order valence-electron chi connectivity index (χ0n) is 12.4. The molecule has 1 saturated carbocycles.